The van der Waals surface area contributed by atoms with E-state index in [2.05, 4.69) is 48.2 Å². The SMILES string of the molecule is COc1ncccc1C(=O)N1CCCC[C@@H]1c1ccc(CN(C)C)cc1. The highest BCUT2D eigenvalue weighted by atomic mass is 16.5. The summed E-state index contributed by atoms with van der Waals surface area (Å²) in [5, 5.41) is 0. The van der Waals surface area contributed by atoms with Gasteiger partial charge in [0.2, 0.25) is 5.88 Å². The van der Waals surface area contributed by atoms with Crippen LogP contribution in [-0.2, 0) is 6.54 Å². The molecule has 1 amide bonds. The molecule has 0 spiro atoms. The normalized spacial score (nSPS) is 17.4. The summed E-state index contributed by atoms with van der Waals surface area (Å²) in [6, 6.07) is 12.3. The lowest BCUT2D eigenvalue weighted by Crippen LogP contribution is -2.38. The fourth-order valence-electron chi connectivity index (χ4n) is 3.60. The largest absolute Gasteiger partial charge is 0.480 e. The predicted octanol–water partition coefficient (Wildman–Crippen LogP) is 3.52. The molecule has 1 fully saturated rings. The van der Waals surface area contributed by atoms with Gasteiger partial charge in [-0.15, -0.1) is 0 Å². The number of piperidine rings is 1. The number of aromatic nitrogens is 1. The Balaban J connectivity index is 1.85. The number of benzene rings is 1. The first-order valence-electron chi connectivity index (χ1n) is 9.13. The summed E-state index contributed by atoms with van der Waals surface area (Å²) in [6.07, 6.45) is 4.80. The van der Waals surface area contributed by atoms with Gasteiger partial charge in [-0.25, -0.2) is 4.98 Å². The average Bonchev–Trinajstić information content (AvgIpc) is 2.67. The Morgan fingerprint density at radius 1 is 1.23 bits per heavy atom. The fourth-order valence-corrected chi connectivity index (χ4v) is 3.60. The van der Waals surface area contributed by atoms with Crippen LogP contribution in [0.4, 0.5) is 0 Å². The van der Waals surface area contributed by atoms with Gasteiger partial charge in [-0.1, -0.05) is 24.3 Å². The van der Waals surface area contributed by atoms with Gasteiger partial charge in [0.1, 0.15) is 5.56 Å². The number of amides is 1. The molecule has 0 bridgehead atoms. The molecule has 1 aromatic heterocycles. The minimum absolute atomic E-state index is 0.00276. The Labute approximate surface area is 155 Å². The zero-order valence-corrected chi connectivity index (χ0v) is 15.8. The summed E-state index contributed by atoms with van der Waals surface area (Å²) in [5.41, 5.74) is 3.01. The highest BCUT2D eigenvalue weighted by Crippen LogP contribution is 2.33. The van der Waals surface area contributed by atoms with E-state index < -0.39 is 0 Å². The Hall–Kier alpha value is -2.40. The van der Waals surface area contributed by atoms with Crippen molar-refractivity contribution in [3.05, 3.63) is 59.3 Å². The third kappa shape index (κ3) is 4.05. The van der Waals surface area contributed by atoms with Gasteiger partial charge in [-0.2, -0.15) is 0 Å². The summed E-state index contributed by atoms with van der Waals surface area (Å²) >= 11 is 0. The average molecular weight is 353 g/mol. The second-order valence-electron chi connectivity index (χ2n) is 7.05. The van der Waals surface area contributed by atoms with Crippen molar-refractivity contribution in [1.82, 2.24) is 14.8 Å². The van der Waals surface area contributed by atoms with E-state index in [-0.39, 0.29) is 11.9 Å². The van der Waals surface area contributed by atoms with Crippen molar-refractivity contribution in [2.24, 2.45) is 0 Å². The lowest BCUT2D eigenvalue weighted by molar-refractivity contribution is 0.0607. The van der Waals surface area contributed by atoms with Gasteiger partial charge in [-0.05, 0) is 56.6 Å². The van der Waals surface area contributed by atoms with Gasteiger partial charge in [0.05, 0.1) is 13.2 Å². The summed E-state index contributed by atoms with van der Waals surface area (Å²) < 4.78 is 5.29. The van der Waals surface area contributed by atoms with Crippen LogP contribution in [0.25, 0.3) is 0 Å². The van der Waals surface area contributed by atoms with Crippen LogP contribution in [0.5, 0.6) is 5.88 Å². The van der Waals surface area contributed by atoms with Crippen LogP contribution in [0.2, 0.25) is 0 Å². The maximum absolute atomic E-state index is 13.2. The molecule has 5 nitrogen and oxygen atoms in total. The molecule has 1 aliphatic rings. The predicted molar refractivity (Wildman–Crippen MR) is 102 cm³/mol. The summed E-state index contributed by atoms with van der Waals surface area (Å²) in [4.78, 5) is 21.5. The van der Waals surface area contributed by atoms with E-state index in [1.807, 2.05) is 4.90 Å². The molecule has 0 aliphatic carbocycles. The molecule has 1 aliphatic heterocycles. The first-order valence-corrected chi connectivity index (χ1v) is 9.13. The Kier molecular flexibility index (Phi) is 5.89. The Morgan fingerprint density at radius 2 is 2.00 bits per heavy atom. The molecule has 0 saturated carbocycles. The molecule has 5 heteroatoms. The second kappa shape index (κ2) is 8.32. The van der Waals surface area contributed by atoms with Gasteiger partial charge in [0.25, 0.3) is 5.91 Å². The molecule has 138 valence electrons. The number of carbonyl (C=O) groups is 1. The monoisotopic (exact) mass is 353 g/mol. The quantitative estimate of drug-likeness (QED) is 0.825. The molecule has 2 heterocycles. The van der Waals surface area contributed by atoms with Crippen LogP contribution in [0.3, 0.4) is 0 Å². The minimum atomic E-state index is -0.00276. The van der Waals surface area contributed by atoms with Crippen LogP contribution < -0.4 is 4.74 Å². The van der Waals surface area contributed by atoms with E-state index in [1.54, 1.807) is 25.4 Å². The molecule has 0 radical (unpaired) electrons. The van der Waals surface area contributed by atoms with Crippen LogP contribution >= 0.6 is 0 Å². The van der Waals surface area contributed by atoms with Crippen LogP contribution in [0, 0.1) is 0 Å². The lowest BCUT2D eigenvalue weighted by Gasteiger charge is -2.36. The number of ether oxygens (including phenoxy) is 1. The van der Waals surface area contributed by atoms with E-state index in [4.69, 9.17) is 4.74 Å². The zero-order valence-electron chi connectivity index (χ0n) is 15.8. The van der Waals surface area contributed by atoms with Gasteiger partial charge < -0.3 is 14.5 Å². The first kappa shape index (κ1) is 18.4. The number of hydrogen-bond acceptors (Lipinski definition) is 4. The zero-order chi connectivity index (χ0) is 18.5. The van der Waals surface area contributed by atoms with Crippen molar-refractivity contribution in [3.63, 3.8) is 0 Å². The standard InChI is InChI=1S/C21H27N3O2/c1-23(2)15-16-9-11-17(12-10-16)19-8-4-5-14-24(19)21(25)18-7-6-13-22-20(18)26-3/h6-7,9-13,19H,4-5,8,14-15H2,1-3H3/t19-/m1/s1. The third-order valence-corrected chi connectivity index (χ3v) is 4.82. The van der Waals surface area contributed by atoms with E-state index in [0.29, 0.717) is 11.4 Å². The van der Waals surface area contributed by atoms with Crippen molar-refractivity contribution in [1.29, 1.82) is 0 Å². The third-order valence-electron chi connectivity index (χ3n) is 4.82. The molecular weight excluding hydrogens is 326 g/mol. The first-order chi connectivity index (χ1) is 12.6. The number of hydrogen-bond donors (Lipinski definition) is 0. The van der Waals surface area contributed by atoms with E-state index in [0.717, 1.165) is 32.4 Å². The summed E-state index contributed by atoms with van der Waals surface area (Å²) in [5.74, 6) is 0.389. The van der Waals surface area contributed by atoms with Crippen molar-refractivity contribution in [3.8, 4) is 5.88 Å². The molecule has 2 aromatic rings. The summed E-state index contributed by atoms with van der Waals surface area (Å²) in [7, 11) is 5.68. The Bertz CT molecular complexity index is 743. The molecule has 1 saturated heterocycles. The highest BCUT2D eigenvalue weighted by molar-refractivity contribution is 5.96. The molecular formula is C21H27N3O2. The number of nitrogens with zero attached hydrogens (tertiary/aromatic N) is 3. The molecule has 0 unspecified atom stereocenters. The number of pyridine rings is 1. The van der Waals surface area contributed by atoms with Crippen molar-refractivity contribution in [2.75, 3.05) is 27.7 Å². The van der Waals surface area contributed by atoms with Crippen molar-refractivity contribution in [2.45, 2.75) is 31.8 Å². The number of methoxy groups -OCH3 is 1. The van der Waals surface area contributed by atoms with Gasteiger partial charge in [0, 0.05) is 19.3 Å². The Morgan fingerprint density at radius 3 is 2.69 bits per heavy atom. The minimum Gasteiger partial charge on any atom is -0.480 e. The maximum Gasteiger partial charge on any atom is 0.259 e. The molecule has 0 N–H and O–H groups in total. The van der Waals surface area contributed by atoms with Crippen LogP contribution in [0.15, 0.2) is 42.6 Å². The fraction of sp³-hybridized carbons (Fsp3) is 0.429. The van der Waals surface area contributed by atoms with Crippen molar-refractivity contribution < 1.29 is 9.53 Å². The van der Waals surface area contributed by atoms with E-state index in [9.17, 15) is 4.79 Å². The second-order valence-corrected chi connectivity index (χ2v) is 7.05. The van der Waals surface area contributed by atoms with Gasteiger partial charge in [0.15, 0.2) is 0 Å². The molecule has 1 atom stereocenters. The lowest BCUT2D eigenvalue weighted by atomic mass is 9.94. The topological polar surface area (TPSA) is 45.7 Å². The van der Waals surface area contributed by atoms with Crippen LogP contribution in [-0.4, -0.2) is 48.4 Å². The number of likely N-dealkylation sites (tertiary alicyclic amines) is 1. The smallest absolute Gasteiger partial charge is 0.259 e. The number of rotatable bonds is 5. The highest BCUT2D eigenvalue weighted by Gasteiger charge is 2.30. The van der Waals surface area contributed by atoms with E-state index >= 15 is 0 Å². The van der Waals surface area contributed by atoms with E-state index in [1.165, 1.54) is 11.1 Å². The number of carbonyl (C=O) groups excluding carboxylic acids is 1. The van der Waals surface area contributed by atoms with Crippen molar-refractivity contribution >= 4 is 5.91 Å². The maximum atomic E-state index is 13.2. The molecule has 1 aromatic carbocycles. The summed E-state index contributed by atoms with van der Waals surface area (Å²) in [6.45, 7) is 1.68. The van der Waals surface area contributed by atoms with Crippen LogP contribution in [0.1, 0.15) is 46.8 Å². The molecule has 26 heavy (non-hydrogen) atoms. The molecule has 3 rings (SSSR count). The van der Waals surface area contributed by atoms with Gasteiger partial charge >= 0.3 is 0 Å². The van der Waals surface area contributed by atoms with Gasteiger partial charge in [-0.3, -0.25) is 4.79 Å².